The van der Waals surface area contributed by atoms with Crippen LogP contribution in [0.3, 0.4) is 0 Å². The summed E-state index contributed by atoms with van der Waals surface area (Å²) in [5, 5.41) is 3.96. The molecule has 6 heteroatoms. The zero-order valence-corrected chi connectivity index (χ0v) is 19.1. The van der Waals surface area contributed by atoms with Crippen molar-refractivity contribution in [1.29, 1.82) is 0 Å². The molecular weight excluding hydrogens is 402 g/mol. The van der Waals surface area contributed by atoms with Gasteiger partial charge >= 0.3 is 0 Å². The van der Waals surface area contributed by atoms with Gasteiger partial charge in [0.1, 0.15) is 18.1 Å². The molecule has 1 fully saturated rings. The van der Waals surface area contributed by atoms with Crippen LogP contribution in [-0.4, -0.2) is 47.0 Å². The van der Waals surface area contributed by atoms with Gasteiger partial charge in [-0.1, -0.05) is 41.1 Å². The Morgan fingerprint density at radius 3 is 2.59 bits per heavy atom. The normalized spacial score (nSPS) is 14.9. The first kappa shape index (κ1) is 22.1. The van der Waals surface area contributed by atoms with Crippen molar-refractivity contribution in [3.8, 4) is 5.75 Å². The Morgan fingerprint density at radius 1 is 1.03 bits per heavy atom. The topological polar surface area (TPSA) is 58.8 Å². The zero-order chi connectivity index (χ0) is 22.5. The first-order valence-corrected chi connectivity index (χ1v) is 11.2. The summed E-state index contributed by atoms with van der Waals surface area (Å²) >= 11 is 0. The highest BCUT2D eigenvalue weighted by Crippen LogP contribution is 2.20. The second-order valence-corrected chi connectivity index (χ2v) is 8.53. The summed E-state index contributed by atoms with van der Waals surface area (Å²) in [5.74, 6) is 1.49. The standard InChI is InChI=1S/C26H31N3O3/c1-19-8-10-22(11-9-19)17-28-12-5-13-29(15-14-28)26(30)23-6-4-7-24(16-23)31-18-25-20(2)27-32-21(25)3/h4,6-11,16H,5,12-15,17-18H2,1-3H3. The summed E-state index contributed by atoms with van der Waals surface area (Å²) in [4.78, 5) is 17.6. The average Bonchev–Trinajstić information content (AvgIpc) is 2.98. The summed E-state index contributed by atoms with van der Waals surface area (Å²) < 4.78 is 11.1. The number of nitrogens with zero attached hydrogens (tertiary/aromatic N) is 3. The molecule has 1 aliphatic rings. The first-order valence-electron chi connectivity index (χ1n) is 11.2. The summed E-state index contributed by atoms with van der Waals surface area (Å²) in [6, 6.07) is 16.1. The smallest absolute Gasteiger partial charge is 0.254 e. The molecule has 0 saturated carbocycles. The molecule has 0 aliphatic carbocycles. The van der Waals surface area contributed by atoms with E-state index < -0.39 is 0 Å². The van der Waals surface area contributed by atoms with Gasteiger partial charge in [-0.05, 0) is 51.0 Å². The van der Waals surface area contributed by atoms with E-state index in [2.05, 4.69) is 41.2 Å². The number of hydrogen-bond acceptors (Lipinski definition) is 5. The molecule has 2 aromatic carbocycles. The lowest BCUT2D eigenvalue weighted by atomic mass is 10.1. The Bertz CT molecular complexity index is 1040. The van der Waals surface area contributed by atoms with Gasteiger partial charge in [-0.15, -0.1) is 0 Å². The van der Waals surface area contributed by atoms with Crippen molar-refractivity contribution in [3.63, 3.8) is 0 Å². The fourth-order valence-corrected chi connectivity index (χ4v) is 4.05. The number of amides is 1. The lowest BCUT2D eigenvalue weighted by Crippen LogP contribution is -2.35. The number of carbonyl (C=O) groups is 1. The third-order valence-electron chi connectivity index (χ3n) is 6.05. The SMILES string of the molecule is Cc1ccc(CN2CCCN(C(=O)c3cccc(OCc4c(C)noc4C)c3)CC2)cc1. The summed E-state index contributed by atoms with van der Waals surface area (Å²) in [6.07, 6.45) is 0.972. The molecule has 1 aromatic heterocycles. The van der Waals surface area contributed by atoms with Crippen LogP contribution in [0.15, 0.2) is 53.1 Å². The maximum absolute atomic E-state index is 13.2. The minimum atomic E-state index is 0.0602. The van der Waals surface area contributed by atoms with Crippen LogP contribution in [0.5, 0.6) is 5.75 Å². The van der Waals surface area contributed by atoms with Crippen molar-refractivity contribution >= 4 is 5.91 Å². The molecule has 32 heavy (non-hydrogen) atoms. The van der Waals surface area contributed by atoms with Crippen LogP contribution in [0, 0.1) is 20.8 Å². The van der Waals surface area contributed by atoms with Crippen LogP contribution in [0.1, 0.15) is 44.9 Å². The van der Waals surface area contributed by atoms with Crippen LogP contribution in [0.2, 0.25) is 0 Å². The number of rotatable bonds is 6. The highest BCUT2D eigenvalue weighted by Gasteiger charge is 2.21. The Kier molecular flexibility index (Phi) is 6.90. The van der Waals surface area contributed by atoms with Crippen molar-refractivity contribution in [3.05, 3.63) is 82.2 Å². The molecule has 0 N–H and O–H groups in total. The maximum atomic E-state index is 13.2. The predicted molar refractivity (Wildman–Crippen MR) is 124 cm³/mol. The predicted octanol–water partition coefficient (Wildman–Crippen LogP) is 4.53. The van der Waals surface area contributed by atoms with Gasteiger partial charge in [0.2, 0.25) is 0 Å². The van der Waals surface area contributed by atoms with Crippen molar-refractivity contribution in [2.75, 3.05) is 26.2 Å². The second kappa shape index (κ2) is 10.0. The molecule has 168 valence electrons. The van der Waals surface area contributed by atoms with Crippen LogP contribution < -0.4 is 4.74 Å². The Balaban J connectivity index is 1.35. The Hall–Kier alpha value is -3.12. The van der Waals surface area contributed by atoms with Crippen LogP contribution in [0.25, 0.3) is 0 Å². The number of ether oxygens (including phenoxy) is 1. The quantitative estimate of drug-likeness (QED) is 0.572. The minimum Gasteiger partial charge on any atom is -0.489 e. The number of carbonyl (C=O) groups excluding carboxylic acids is 1. The monoisotopic (exact) mass is 433 g/mol. The lowest BCUT2D eigenvalue weighted by Gasteiger charge is -2.22. The summed E-state index contributed by atoms with van der Waals surface area (Å²) in [7, 11) is 0. The molecule has 0 bridgehead atoms. The van der Waals surface area contributed by atoms with Gasteiger partial charge in [0.25, 0.3) is 5.91 Å². The highest BCUT2D eigenvalue weighted by molar-refractivity contribution is 5.94. The molecule has 0 radical (unpaired) electrons. The summed E-state index contributed by atoms with van der Waals surface area (Å²) in [6.45, 7) is 10.6. The van der Waals surface area contributed by atoms with Crippen LogP contribution >= 0.6 is 0 Å². The number of aryl methyl sites for hydroxylation is 3. The van der Waals surface area contributed by atoms with E-state index in [1.165, 1.54) is 11.1 Å². The van der Waals surface area contributed by atoms with E-state index >= 15 is 0 Å². The van der Waals surface area contributed by atoms with Crippen molar-refractivity contribution in [1.82, 2.24) is 15.0 Å². The fourth-order valence-electron chi connectivity index (χ4n) is 4.05. The molecular formula is C26H31N3O3. The average molecular weight is 434 g/mol. The highest BCUT2D eigenvalue weighted by atomic mass is 16.5. The number of aromatic nitrogens is 1. The first-order chi connectivity index (χ1) is 15.5. The molecule has 1 amide bonds. The van der Waals surface area contributed by atoms with E-state index in [1.54, 1.807) is 0 Å². The second-order valence-electron chi connectivity index (χ2n) is 8.53. The van der Waals surface area contributed by atoms with Gasteiger partial charge in [0, 0.05) is 38.3 Å². The Labute approximate surface area is 189 Å². The van der Waals surface area contributed by atoms with Crippen LogP contribution in [-0.2, 0) is 13.2 Å². The van der Waals surface area contributed by atoms with Crippen LogP contribution in [0.4, 0.5) is 0 Å². The zero-order valence-electron chi connectivity index (χ0n) is 19.1. The van der Waals surface area contributed by atoms with E-state index in [4.69, 9.17) is 9.26 Å². The molecule has 2 heterocycles. The molecule has 0 atom stereocenters. The lowest BCUT2D eigenvalue weighted by molar-refractivity contribution is 0.0760. The maximum Gasteiger partial charge on any atom is 0.254 e. The Morgan fingerprint density at radius 2 is 1.84 bits per heavy atom. The molecule has 0 unspecified atom stereocenters. The third-order valence-corrected chi connectivity index (χ3v) is 6.05. The molecule has 6 nitrogen and oxygen atoms in total. The molecule has 1 saturated heterocycles. The van der Waals surface area contributed by atoms with Gasteiger partial charge < -0.3 is 14.2 Å². The van der Waals surface area contributed by atoms with Gasteiger partial charge in [0.15, 0.2) is 0 Å². The largest absolute Gasteiger partial charge is 0.489 e. The van der Waals surface area contributed by atoms with Gasteiger partial charge in [-0.2, -0.15) is 0 Å². The molecule has 4 rings (SSSR count). The van der Waals surface area contributed by atoms with E-state index in [-0.39, 0.29) is 5.91 Å². The van der Waals surface area contributed by atoms with Gasteiger partial charge in [-0.3, -0.25) is 9.69 Å². The van der Waals surface area contributed by atoms with E-state index in [9.17, 15) is 4.79 Å². The van der Waals surface area contributed by atoms with Crippen molar-refractivity contribution in [2.24, 2.45) is 0 Å². The van der Waals surface area contributed by atoms with Gasteiger partial charge in [-0.25, -0.2) is 0 Å². The molecule has 1 aliphatic heterocycles. The minimum absolute atomic E-state index is 0.0602. The van der Waals surface area contributed by atoms with E-state index in [0.717, 1.165) is 56.2 Å². The fraction of sp³-hybridized carbons (Fsp3) is 0.385. The van der Waals surface area contributed by atoms with Gasteiger partial charge in [0.05, 0.1) is 11.3 Å². The van der Waals surface area contributed by atoms with E-state index in [1.807, 2.05) is 43.0 Å². The summed E-state index contributed by atoms with van der Waals surface area (Å²) in [5.41, 5.74) is 5.03. The van der Waals surface area contributed by atoms with Crippen molar-refractivity contribution < 1.29 is 14.1 Å². The molecule has 0 spiro atoms. The third kappa shape index (κ3) is 5.37. The number of benzene rings is 2. The van der Waals surface area contributed by atoms with Crippen molar-refractivity contribution in [2.45, 2.75) is 40.3 Å². The number of hydrogen-bond donors (Lipinski definition) is 0. The van der Waals surface area contributed by atoms with E-state index in [0.29, 0.717) is 17.9 Å². The molecule has 3 aromatic rings.